The Balaban J connectivity index is 0.00000161. The fraction of sp³-hybridized carbons (Fsp3) is 0.500. The molecular formula is C14H18ClN3O3. The van der Waals surface area contributed by atoms with E-state index in [1.54, 1.807) is 0 Å². The molecule has 0 aromatic heterocycles. The maximum atomic E-state index is 12.4. The molecule has 1 aliphatic heterocycles. The number of likely N-dealkylation sites (tertiary alicyclic amines) is 1. The van der Waals surface area contributed by atoms with Crippen molar-refractivity contribution in [2.45, 2.75) is 18.9 Å². The normalized spacial score (nSPS) is 27.1. The zero-order valence-corrected chi connectivity index (χ0v) is 12.3. The van der Waals surface area contributed by atoms with Crippen LogP contribution in [0.3, 0.4) is 0 Å². The average molecular weight is 312 g/mol. The van der Waals surface area contributed by atoms with Gasteiger partial charge in [-0.05, 0) is 36.8 Å². The Bertz CT molecular complexity index is 549. The molecule has 1 heterocycles. The lowest BCUT2D eigenvalue weighted by molar-refractivity contribution is -0.384. The van der Waals surface area contributed by atoms with Crippen LogP contribution in [0, 0.1) is 22.0 Å². The van der Waals surface area contributed by atoms with E-state index >= 15 is 0 Å². The molecule has 1 aromatic carbocycles. The fourth-order valence-corrected chi connectivity index (χ4v) is 3.38. The van der Waals surface area contributed by atoms with Crippen LogP contribution in [-0.4, -0.2) is 34.9 Å². The number of nitrogens with zero attached hydrogens (tertiary/aromatic N) is 2. The van der Waals surface area contributed by atoms with E-state index in [-0.39, 0.29) is 30.0 Å². The second-order valence-corrected chi connectivity index (χ2v) is 5.68. The van der Waals surface area contributed by atoms with Crippen molar-refractivity contribution >= 4 is 24.0 Å². The van der Waals surface area contributed by atoms with Crippen LogP contribution in [0.1, 0.15) is 23.2 Å². The standard InChI is InChI=1S/C14H17N3O3.ClH/c15-13-6-3-10-7-16(8-12(10)13)14(18)9-1-4-11(5-2-9)17(19)20;/h1-2,4-5,10,12-13H,3,6-8,15H2;1H. The van der Waals surface area contributed by atoms with Gasteiger partial charge in [0.25, 0.3) is 11.6 Å². The number of amides is 1. The van der Waals surface area contributed by atoms with Gasteiger partial charge in [0.05, 0.1) is 4.92 Å². The number of nitrogens with two attached hydrogens (primary N) is 1. The summed E-state index contributed by atoms with van der Waals surface area (Å²) in [7, 11) is 0. The van der Waals surface area contributed by atoms with Crippen LogP contribution in [0.25, 0.3) is 0 Å². The monoisotopic (exact) mass is 311 g/mol. The third-order valence-corrected chi connectivity index (χ3v) is 4.52. The molecule has 114 valence electrons. The van der Waals surface area contributed by atoms with Crippen LogP contribution >= 0.6 is 12.4 Å². The second kappa shape index (κ2) is 5.99. The molecule has 3 rings (SSSR count). The van der Waals surface area contributed by atoms with Crippen molar-refractivity contribution in [3.63, 3.8) is 0 Å². The maximum absolute atomic E-state index is 12.4. The van der Waals surface area contributed by atoms with Crippen molar-refractivity contribution in [1.82, 2.24) is 4.90 Å². The third kappa shape index (κ3) is 2.87. The van der Waals surface area contributed by atoms with Gasteiger partial charge in [0.1, 0.15) is 0 Å². The number of fused-ring (bicyclic) bond motifs is 1. The van der Waals surface area contributed by atoms with Crippen LogP contribution < -0.4 is 5.73 Å². The first-order chi connectivity index (χ1) is 9.56. The van der Waals surface area contributed by atoms with Crippen molar-refractivity contribution in [2.24, 2.45) is 17.6 Å². The molecule has 2 aliphatic rings. The highest BCUT2D eigenvalue weighted by Gasteiger charge is 2.42. The van der Waals surface area contributed by atoms with Gasteiger partial charge in [-0.1, -0.05) is 0 Å². The van der Waals surface area contributed by atoms with Crippen LogP contribution in [0.5, 0.6) is 0 Å². The summed E-state index contributed by atoms with van der Waals surface area (Å²) in [5.41, 5.74) is 6.57. The highest BCUT2D eigenvalue weighted by Crippen LogP contribution is 2.37. The first kappa shape index (κ1) is 15.7. The summed E-state index contributed by atoms with van der Waals surface area (Å²) in [5.74, 6) is 0.880. The zero-order chi connectivity index (χ0) is 14.3. The quantitative estimate of drug-likeness (QED) is 0.666. The predicted octanol–water partition coefficient (Wildman–Crippen LogP) is 1.83. The molecule has 0 radical (unpaired) electrons. The summed E-state index contributed by atoms with van der Waals surface area (Å²) in [4.78, 5) is 24.3. The SMILES string of the molecule is Cl.NC1CCC2CN(C(=O)c3ccc([N+](=O)[O-])cc3)CC12. The van der Waals surface area contributed by atoms with Crippen molar-refractivity contribution in [2.75, 3.05) is 13.1 Å². The lowest BCUT2D eigenvalue weighted by atomic mass is 9.98. The molecule has 1 aromatic rings. The number of nitro benzene ring substituents is 1. The Morgan fingerprint density at radius 2 is 1.90 bits per heavy atom. The van der Waals surface area contributed by atoms with Gasteiger partial charge in [-0.15, -0.1) is 12.4 Å². The average Bonchev–Trinajstić information content (AvgIpc) is 3.01. The molecular weight excluding hydrogens is 294 g/mol. The molecule has 3 unspecified atom stereocenters. The summed E-state index contributed by atoms with van der Waals surface area (Å²) < 4.78 is 0. The summed E-state index contributed by atoms with van der Waals surface area (Å²) in [6.45, 7) is 1.47. The molecule has 21 heavy (non-hydrogen) atoms. The zero-order valence-electron chi connectivity index (χ0n) is 11.5. The fourth-order valence-electron chi connectivity index (χ4n) is 3.38. The van der Waals surface area contributed by atoms with Crippen LogP contribution in [0.2, 0.25) is 0 Å². The van der Waals surface area contributed by atoms with E-state index < -0.39 is 4.92 Å². The van der Waals surface area contributed by atoms with Crippen molar-refractivity contribution in [1.29, 1.82) is 0 Å². The van der Waals surface area contributed by atoms with Gasteiger partial charge in [0.15, 0.2) is 0 Å². The molecule has 0 bridgehead atoms. The molecule has 3 atom stereocenters. The molecule has 1 saturated carbocycles. The Morgan fingerprint density at radius 3 is 2.48 bits per heavy atom. The van der Waals surface area contributed by atoms with Crippen molar-refractivity contribution < 1.29 is 9.72 Å². The molecule has 1 aliphatic carbocycles. The largest absolute Gasteiger partial charge is 0.338 e. The third-order valence-electron chi connectivity index (χ3n) is 4.52. The lowest BCUT2D eigenvalue weighted by Gasteiger charge is -2.18. The van der Waals surface area contributed by atoms with Gasteiger partial charge in [-0.3, -0.25) is 14.9 Å². The molecule has 7 heteroatoms. The highest BCUT2D eigenvalue weighted by molar-refractivity contribution is 5.94. The number of non-ortho nitro benzene ring substituents is 1. The highest BCUT2D eigenvalue weighted by atomic mass is 35.5. The molecule has 0 spiro atoms. The predicted molar refractivity (Wildman–Crippen MR) is 80.4 cm³/mol. The van der Waals surface area contributed by atoms with Gasteiger partial charge >= 0.3 is 0 Å². The molecule has 2 fully saturated rings. The van der Waals surface area contributed by atoms with Crippen LogP contribution in [-0.2, 0) is 0 Å². The van der Waals surface area contributed by atoms with E-state index in [2.05, 4.69) is 0 Å². The molecule has 1 saturated heterocycles. The molecule has 2 N–H and O–H groups in total. The van der Waals surface area contributed by atoms with E-state index in [0.29, 0.717) is 23.9 Å². The van der Waals surface area contributed by atoms with Crippen molar-refractivity contribution in [3.05, 3.63) is 39.9 Å². The van der Waals surface area contributed by atoms with E-state index in [4.69, 9.17) is 5.73 Å². The Kier molecular flexibility index (Phi) is 4.49. The van der Waals surface area contributed by atoms with Crippen LogP contribution in [0.4, 0.5) is 5.69 Å². The topological polar surface area (TPSA) is 89.5 Å². The number of benzene rings is 1. The molecule has 1 amide bonds. The number of rotatable bonds is 2. The number of nitro groups is 1. The van der Waals surface area contributed by atoms with Gasteiger partial charge in [0.2, 0.25) is 0 Å². The maximum Gasteiger partial charge on any atom is 0.269 e. The minimum absolute atomic E-state index is 0. The summed E-state index contributed by atoms with van der Waals surface area (Å²) in [5, 5.41) is 10.6. The first-order valence-electron chi connectivity index (χ1n) is 6.85. The number of carbonyl (C=O) groups is 1. The summed E-state index contributed by atoms with van der Waals surface area (Å²) in [6.07, 6.45) is 2.14. The van der Waals surface area contributed by atoms with Gasteiger partial charge < -0.3 is 10.6 Å². The molecule has 6 nitrogen and oxygen atoms in total. The Hall–Kier alpha value is -1.66. The lowest BCUT2D eigenvalue weighted by Crippen LogP contribution is -2.33. The number of halogens is 1. The second-order valence-electron chi connectivity index (χ2n) is 5.68. The van der Waals surface area contributed by atoms with Gasteiger partial charge in [-0.2, -0.15) is 0 Å². The number of carbonyl (C=O) groups excluding carboxylic acids is 1. The summed E-state index contributed by atoms with van der Waals surface area (Å²) >= 11 is 0. The van der Waals surface area contributed by atoms with E-state index in [0.717, 1.165) is 19.4 Å². The van der Waals surface area contributed by atoms with Gasteiger partial charge in [-0.25, -0.2) is 0 Å². The summed E-state index contributed by atoms with van der Waals surface area (Å²) in [6, 6.07) is 5.99. The number of hydrogen-bond donors (Lipinski definition) is 1. The van der Waals surface area contributed by atoms with Gasteiger partial charge in [0, 0.05) is 36.8 Å². The minimum atomic E-state index is -0.465. The van der Waals surface area contributed by atoms with Crippen molar-refractivity contribution in [3.8, 4) is 0 Å². The van der Waals surface area contributed by atoms with E-state index in [1.807, 2.05) is 4.90 Å². The first-order valence-corrected chi connectivity index (χ1v) is 6.85. The minimum Gasteiger partial charge on any atom is -0.338 e. The smallest absolute Gasteiger partial charge is 0.269 e. The Labute approximate surface area is 128 Å². The van der Waals surface area contributed by atoms with Crippen LogP contribution in [0.15, 0.2) is 24.3 Å². The van der Waals surface area contributed by atoms with E-state index in [9.17, 15) is 14.9 Å². The van der Waals surface area contributed by atoms with E-state index in [1.165, 1.54) is 24.3 Å². The Morgan fingerprint density at radius 1 is 1.24 bits per heavy atom. The number of hydrogen-bond acceptors (Lipinski definition) is 4.